The Hall–Kier alpha value is -2.81. The molecule has 2 aromatic carbocycles. The topological polar surface area (TPSA) is 19.4 Å². The van der Waals surface area contributed by atoms with E-state index in [1.54, 1.807) is 0 Å². The Kier molecular flexibility index (Phi) is 3.24. The number of hydrogen-bond acceptors (Lipinski definition) is 3. The second-order valence-electron chi connectivity index (χ2n) is 8.28. The molecule has 3 heteroatoms. The van der Waals surface area contributed by atoms with Crippen LogP contribution in [0.4, 0.5) is 17.1 Å². The number of fused-ring (bicyclic) bond motifs is 4. The molecule has 0 bridgehead atoms. The first-order chi connectivity index (χ1) is 12.9. The Morgan fingerprint density at radius 3 is 2.44 bits per heavy atom. The largest absolute Gasteiger partial charge is 0.353 e. The number of anilines is 3. The fourth-order valence-electron chi connectivity index (χ4n) is 4.95. The van der Waals surface area contributed by atoms with Crippen LogP contribution in [-0.2, 0) is 5.41 Å². The Bertz CT molecular complexity index is 1070. The van der Waals surface area contributed by atoms with Gasteiger partial charge in [0.25, 0.3) is 0 Å². The second kappa shape index (κ2) is 5.35. The van der Waals surface area contributed by atoms with Crippen LogP contribution in [0.1, 0.15) is 37.6 Å². The van der Waals surface area contributed by atoms with Crippen LogP contribution in [0, 0.1) is 6.92 Å². The molecule has 0 amide bonds. The Balaban J connectivity index is 1.82. The highest BCUT2D eigenvalue weighted by Gasteiger charge is 2.43. The van der Waals surface area contributed by atoms with Gasteiger partial charge in [-0.3, -0.25) is 4.98 Å². The number of hydrogen-bond donors (Lipinski definition) is 0. The number of para-hydroxylation sites is 2. The third-order valence-corrected chi connectivity index (χ3v) is 6.39. The SMILES string of the molecule is Cc1ccc2c(c1N1c3ccccc3N(C)[C@@H]1C)C(C)(C)c1ncccc1-2. The third-order valence-electron chi connectivity index (χ3n) is 6.39. The van der Waals surface area contributed by atoms with Crippen molar-refractivity contribution in [1.82, 2.24) is 4.98 Å². The van der Waals surface area contributed by atoms with Gasteiger partial charge in [0.1, 0.15) is 6.17 Å². The van der Waals surface area contributed by atoms with Crippen molar-refractivity contribution in [3.05, 3.63) is 71.5 Å². The normalized spacial score (nSPS) is 19.1. The van der Waals surface area contributed by atoms with Gasteiger partial charge < -0.3 is 9.80 Å². The lowest BCUT2D eigenvalue weighted by molar-refractivity contribution is 0.630. The predicted octanol–water partition coefficient (Wildman–Crippen LogP) is 5.63. The predicted molar refractivity (Wildman–Crippen MR) is 113 cm³/mol. The van der Waals surface area contributed by atoms with Crippen molar-refractivity contribution in [3.8, 4) is 11.1 Å². The summed E-state index contributed by atoms with van der Waals surface area (Å²) in [7, 11) is 2.18. The minimum atomic E-state index is -0.122. The number of benzene rings is 2. The first kappa shape index (κ1) is 16.4. The lowest BCUT2D eigenvalue weighted by Crippen LogP contribution is -2.37. The molecule has 0 fully saturated rings. The maximum Gasteiger partial charge on any atom is 0.103 e. The molecule has 3 aromatic rings. The Morgan fingerprint density at radius 2 is 1.67 bits per heavy atom. The smallest absolute Gasteiger partial charge is 0.103 e. The van der Waals surface area contributed by atoms with Crippen molar-refractivity contribution in [3.63, 3.8) is 0 Å². The number of pyridine rings is 1. The zero-order valence-corrected chi connectivity index (χ0v) is 16.6. The maximum atomic E-state index is 4.77. The maximum absolute atomic E-state index is 4.77. The van der Waals surface area contributed by atoms with E-state index in [1.807, 2.05) is 12.3 Å². The number of aromatic nitrogens is 1. The van der Waals surface area contributed by atoms with E-state index in [0.29, 0.717) is 0 Å². The summed E-state index contributed by atoms with van der Waals surface area (Å²) < 4.78 is 0. The number of aryl methyl sites for hydroxylation is 1. The second-order valence-corrected chi connectivity index (χ2v) is 8.28. The van der Waals surface area contributed by atoms with Crippen LogP contribution in [0.5, 0.6) is 0 Å². The van der Waals surface area contributed by atoms with Crippen molar-refractivity contribution < 1.29 is 0 Å². The van der Waals surface area contributed by atoms with E-state index in [4.69, 9.17) is 4.98 Å². The molecule has 0 unspecified atom stereocenters. The van der Waals surface area contributed by atoms with Gasteiger partial charge in [0, 0.05) is 24.2 Å². The fraction of sp³-hybridized carbons (Fsp3) is 0.292. The van der Waals surface area contributed by atoms with E-state index >= 15 is 0 Å². The highest BCUT2D eigenvalue weighted by atomic mass is 15.4. The van der Waals surface area contributed by atoms with Gasteiger partial charge in [-0.05, 0) is 48.7 Å². The molecule has 1 aromatic heterocycles. The van der Waals surface area contributed by atoms with Gasteiger partial charge in [-0.15, -0.1) is 0 Å². The van der Waals surface area contributed by atoms with Crippen molar-refractivity contribution in [2.45, 2.75) is 39.3 Å². The zero-order chi connectivity index (χ0) is 18.9. The van der Waals surface area contributed by atoms with Crippen LogP contribution in [0.15, 0.2) is 54.7 Å². The average molecular weight is 355 g/mol. The highest BCUT2D eigenvalue weighted by Crippen LogP contribution is 2.55. The molecule has 0 saturated heterocycles. The van der Waals surface area contributed by atoms with Crippen LogP contribution in [0.2, 0.25) is 0 Å². The van der Waals surface area contributed by atoms with E-state index in [-0.39, 0.29) is 11.6 Å². The molecule has 2 heterocycles. The molecule has 1 atom stereocenters. The molecule has 0 spiro atoms. The Labute approximate surface area is 161 Å². The van der Waals surface area contributed by atoms with Gasteiger partial charge in [-0.1, -0.05) is 44.2 Å². The summed E-state index contributed by atoms with van der Waals surface area (Å²) in [4.78, 5) is 9.65. The molecule has 136 valence electrons. The third kappa shape index (κ3) is 2.00. The van der Waals surface area contributed by atoms with Gasteiger partial charge in [0.2, 0.25) is 0 Å². The number of rotatable bonds is 1. The van der Waals surface area contributed by atoms with Gasteiger partial charge in [-0.25, -0.2) is 0 Å². The van der Waals surface area contributed by atoms with Gasteiger partial charge in [-0.2, -0.15) is 0 Å². The van der Waals surface area contributed by atoms with Gasteiger partial charge in [0.05, 0.1) is 22.8 Å². The monoisotopic (exact) mass is 355 g/mol. The lowest BCUT2D eigenvalue weighted by atomic mass is 9.82. The van der Waals surface area contributed by atoms with Gasteiger partial charge >= 0.3 is 0 Å². The van der Waals surface area contributed by atoms with Crippen LogP contribution in [0.25, 0.3) is 11.1 Å². The molecule has 5 rings (SSSR count). The summed E-state index contributed by atoms with van der Waals surface area (Å²) in [5, 5.41) is 0. The summed E-state index contributed by atoms with van der Waals surface area (Å²) in [6.07, 6.45) is 2.18. The van der Waals surface area contributed by atoms with Gasteiger partial charge in [0.15, 0.2) is 0 Å². The molecule has 3 nitrogen and oxygen atoms in total. The molecule has 0 N–H and O–H groups in total. The molecule has 2 aliphatic rings. The van der Waals surface area contributed by atoms with Crippen molar-refractivity contribution in [2.75, 3.05) is 16.8 Å². The quantitative estimate of drug-likeness (QED) is 0.564. The molecule has 1 aliphatic heterocycles. The van der Waals surface area contributed by atoms with Crippen molar-refractivity contribution in [2.24, 2.45) is 0 Å². The fourth-order valence-corrected chi connectivity index (χ4v) is 4.95. The zero-order valence-electron chi connectivity index (χ0n) is 16.6. The van der Waals surface area contributed by atoms with Crippen LogP contribution in [-0.4, -0.2) is 18.2 Å². The Morgan fingerprint density at radius 1 is 0.926 bits per heavy atom. The van der Waals surface area contributed by atoms with Crippen molar-refractivity contribution in [1.29, 1.82) is 0 Å². The van der Waals surface area contributed by atoms with E-state index in [9.17, 15) is 0 Å². The van der Waals surface area contributed by atoms with E-state index < -0.39 is 0 Å². The van der Waals surface area contributed by atoms with Crippen LogP contribution < -0.4 is 9.80 Å². The minimum absolute atomic E-state index is 0.122. The number of nitrogens with zero attached hydrogens (tertiary/aromatic N) is 3. The van der Waals surface area contributed by atoms with E-state index in [0.717, 1.165) is 0 Å². The molecule has 1 aliphatic carbocycles. The average Bonchev–Trinajstić information content (AvgIpc) is 3.06. The molecular weight excluding hydrogens is 330 g/mol. The lowest BCUT2D eigenvalue weighted by Gasteiger charge is -2.34. The highest BCUT2D eigenvalue weighted by molar-refractivity contribution is 5.92. The first-order valence-electron chi connectivity index (χ1n) is 9.64. The van der Waals surface area contributed by atoms with Crippen LogP contribution >= 0.6 is 0 Å². The molecule has 27 heavy (non-hydrogen) atoms. The summed E-state index contributed by atoms with van der Waals surface area (Å²) in [6.45, 7) is 9.13. The summed E-state index contributed by atoms with van der Waals surface area (Å²) in [6, 6.07) is 17.5. The summed E-state index contributed by atoms with van der Waals surface area (Å²) in [5.74, 6) is 0. The summed E-state index contributed by atoms with van der Waals surface area (Å²) >= 11 is 0. The first-order valence-corrected chi connectivity index (χ1v) is 9.64. The minimum Gasteiger partial charge on any atom is -0.353 e. The standard InChI is InChI=1S/C24H25N3/c1-15-12-13-17-18-9-8-14-25-23(18)24(3,4)21(17)22(15)27-16(2)26(5)19-10-6-7-11-20(19)27/h6-14,16H,1-5H3/t16-/m0/s1. The summed E-state index contributed by atoms with van der Waals surface area (Å²) in [5.41, 5.74) is 10.3. The van der Waals surface area contributed by atoms with Crippen LogP contribution in [0.3, 0.4) is 0 Å². The van der Waals surface area contributed by atoms with E-state index in [1.165, 1.54) is 45.0 Å². The molecule has 0 radical (unpaired) electrons. The van der Waals surface area contributed by atoms with Crippen molar-refractivity contribution >= 4 is 17.1 Å². The molecule has 0 saturated carbocycles. The molecular formula is C24H25N3. The van der Waals surface area contributed by atoms with E-state index in [2.05, 4.69) is 87.0 Å².